The van der Waals surface area contributed by atoms with E-state index in [1.807, 2.05) is 0 Å². The van der Waals surface area contributed by atoms with E-state index in [0.29, 0.717) is 6.42 Å². The van der Waals surface area contributed by atoms with Crippen LogP contribution in [0.15, 0.2) is 0 Å². The average Bonchev–Trinajstić information content (AvgIpc) is 2.19. The Bertz CT molecular complexity index is 246. The van der Waals surface area contributed by atoms with Crippen LogP contribution >= 0.6 is 0 Å². The van der Waals surface area contributed by atoms with E-state index in [1.165, 1.54) is 44.9 Å². The van der Waals surface area contributed by atoms with Gasteiger partial charge >= 0.3 is 29.6 Å². The Kier molecular flexibility index (Phi) is 24.3. The predicted molar refractivity (Wildman–Crippen MR) is 75.4 cm³/mol. The van der Waals surface area contributed by atoms with Gasteiger partial charge in [-0.15, -0.1) is 0 Å². The van der Waals surface area contributed by atoms with Gasteiger partial charge in [-0.1, -0.05) is 64.7 Å². The summed E-state index contributed by atoms with van der Waals surface area (Å²) in [6.45, 7) is 2.22. The number of hydrogen-bond donors (Lipinski definition) is 1. The van der Waals surface area contributed by atoms with Crippen molar-refractivity contribution in [1.29, 1.82) is 0 Å². The third-order valence-corrected chi connectivity index (χ3v) is 3.56. The van der Waals surface area contributed by atoms with Crippen molar-refractivity contribution in [3.05, 3.63) is 0 Å². The third-order valence-electron chi connectivity index (χ3n) is 2.76. The second kappa shape index (κ2) is 17.3. The first-order valence-corrected chi connectivity index (χ1v) is 8.12. The summed E-state index contributed by atoms with van der Waals surface area (Å²) in [5.74, 6) is -0.0799. The van der Waals surface area contributed by atoms with Gasteiger partial charge in [0.15, 0.2) is 0 Å². The van der Waals surface area contributed by atoms with Gasteiger partial charge in [0.1, 0.15) is 0 Å². The minimum Gasteiger partial charge on any atom is 0 e. The van der Waals surface area contributed by atoms with Crippen molar-refractivity contribution in [2.45, 2.75) is 71.1 Å². The molecule has 0 rings (SSSR count). The summed E-state index contributed by atoms with van der Waals surface area (Å²) in [5.41, 5.74) is 0. The molecule has 0 saturated carbocycles. The van der Waals surface area contributed by atoms with Crippen LogP contribution in [0.3, 0.4) is 0 Å². The average molecular weight is 419 g/mol. The van der Waals surface area contributed by atoms with Gasteiger partial charge in [0.2, 0.25) is 0 Å². The number of rotatable bonds is 11. The van der Waals surface area contributed by atoms with Crippen LogP contribution in [0.5, 0.6) is 0 Å². The Labute approximate surface area is 168 Å². The molecule has 0 aliphatic heterocycles. The van der Waals surface area contributed by atoms with Crippen LogP contribution in [0.2, 0.25) is 0 Å². The zero-order chi connectivity index (χ0) is 12.3. The largest absolute Gasteiger partial charge is 0 e. The van der Waals surface area contributed by atoms with E-state index in [2.05, 4.69) is 6.92 Å². The first-order valence-electron chi connectivity index (χ1n) is 6.51. The molecule has 0 aromatic rings. The van der Waals surface area contributed by atoms with E-state index in [9.17, 15) is 8.42 Å². The first-order chi connectivity index (χ1) is 7.56. The summed E-state index contributed by atoms with van der Waals surface area (Å²) in [6, 6.07) is 0. The number of unbranched alkanes of at least 4 members (excludes halogenated alkanes) is 9. The Morgan fingerprint density at radius 1 is 0.778 bits per heavy atom. The fraction of sp³-hybridized carbons (Fsp3) is 1.00. The molecule has 6 heteroatoms. The molecule has 0 aromatic carbocycles. The Balaban J connectivity index is -0.00000112. The van der Waals surface area contributed by atoms with Crippen molar-refractivity contribution in [2.75, 3.05) is 5.75 Å². The SMILES string of the molecule is CCCCCCCCCCCCS(=O)(=O)O.[NaH].[Nd]. The van der Waals surface area contributed by atoms with Gasteiger partial charge < -0.3 is 0 Å². The maximum Gasteiger partial charge on any atom is 0 e. The molecule has 0 spiro atoms. The second-order valence-electron chi connectivity index (χ2n) is 4.47. The molecule has 0 fully saturated rings. The van der Waals surface area contributed by atoms with Crippen LogP contribution in [-0.2, 0) is 10.1 Å². The molecule has 1 N–H and O–H groups in total. The van der Waals surface area contributed by atoms with Crippen molar-refractivity contribution < 1.29 is 53.8 Å². The molecule has 0 unspecified atom stereocenters. The molecule has 3 nitrogen and oxygen atoms in total. The van der Waals surface area contributed by atoms with Crippen molar-refractivity contribution in [3.8, 4) is 0 Å². The van der Waals surface area contributed by atoms with Crippen LogP contribution in [0.1, 0.15) is 71.1 Å². The third kappa shape index (κ3) is 23.4. The van der Waals surface area contributed by atoms with Crippen molar-refractivity contribution >= 4 is 39.7 Å². The Morgan fingerprint density at radius 3 is 1.44 bits per heavy atom. The molecule has 0 heterocycles. The second-order valence-corrected chi connectivity index (χ2v) is 6.04. The molecule has 0 amide bonds. The van der Waals surface area contributed by atoms with Crippen LogP contribution < -0.4 is 0 Å². The summed E-state index contributed by atoms with van der Waals surface area (Å²) < 4.78 is 29.4. The van der Waals surface area contributed by atoms with E-state index < -0.39 is 10.1 Å². The van der Waals surface area contributed by atoms with Gasteiger partial charge in [0, 0.05) is 40.8 Å². The summed E-state index contributed by atoms with van der Waals surface area (Å²) in [7, 11) is -3.73. The normalized spacial score (nSPS) is 10.6. The fourth-order valence-corrected chi connectivity index (χ4v) is 2.34. The van der Waals surface area contributed by atoms with Crippen molar-refractivity contribution in [2.24, 2.45) is 0 Å². The van der Waals surface area contributed by atoms with E-state index in [1.54, 1.807) is 0 Å². The van der Waals surface area contributed by atoms with Gasteiger partial charge in [-0.3, -0.25) is 4.55 Å². The molecule has 0 bridgehead atoms. The maximum absolute atomic E-state index is 10.4. The molecule has 18 heavy (non-hydrogen) atoms. The van der Waals surface area contributed by atoms with Crippen molar-refractivity contribution in [1.82, 2.24) is 0 Å². The van der Waals surface area contributed by atoms with Gasteiger partial charge in [0.25, 0.3) is 10.1 Å². The standard InChI is InChI=1S/C12H26O3S.Na.Nd.H/c1-2-3-4-5-6-7-8-9-10-11-12-16(13,14)15;;;/h2-12H2,1H3,(H,13,14,15);;;. The molecule has 0 saturated heterocycles. The summed E-state index contributed by atoms with van der Waals surface area (Å²) in [4.78, 5) is 0. The van der Waals surface area contributed by atoms with E-state index in [4.69, 9.17) is 4.55 Å². The van der Waals surface area contributed by atoms with Gasteiger partial charge in [-0.25, -0.2) is 0 Å². The van der Waals surface area contributed by atoms with Gasteiger partial charge in [-0.05, 0) is 6.42 Å². The topological polar surface area (TPSA) is 54.4 Å². The number of hydrogen-bond acceptors (Lipinski definition) is 2. The summed E-state index contributed by atoms with van der Waals surface area (Å²) >= 11 is 0. The molecule has 0 aromatic heterocycles. The molecule has 0 aliphatic rings. The van der Waals surface area contributed by atoms with Crippen LogP contribution in [0, 0.1) is 40.8 Å². The quantitative estimate of drug-likeness (QED) is 0.319. The Hall–Kier alpha value is 2.26. The smallest absolute Gasteiger partial charge is 0 e. The molecule has 104 valence electrons. The predicted octanol–water partition coefficient (Wildman–Crippen LogP) is 3.15. The van der Waals surface area contributed by atoms with E-state index in [0.717, 1.165) is 12.8 Å². The molecular formula is C12H27NaNdO3S. The van der Waals surface area contributed by atoms with Crippen LogP contribution in [-0.4, -0.2) is 48.3 Å². The minimum absolute atomic E-state index is 0. The molecular weight excluding hydrogens is 391 g/mol. The maximum atomic E-state index is 10.4. The van der Waals surface area contributed by atoms with Crippen molar-refractivity contribution in [3.63, 3.8) is 0 Å². The zero-order valence-electron chi connectivity index (χ0n) is 11.0. The van der Waals surface area contributed by atoms with Crippen LogP contribution in [0.25, 0.3) is 0 Å². The van der Waals surface area contributed by atoms with Gasteiger partial charge in [0.05, 0.1) is 5.75 Å². The van der Waals surface area contributed by atoms with Crippen LogP contribution in [0.4, 0.5) is 0 Å². The first kappa shape index (κ1) is 25.2. The fourth-order valence-electron chi connectivity index (χ4n) is 1.77. The monoisotopic (exact) mass is 416 g/mol. The van der Waals surface area contributed by atoms with E-state index >= 15 is 0 Å². The Morgan fingerprint density at radius 2 is 1.11 bits per heavy atom. The zero-order valence-corrected chi connectivity index (χ0v) is 15.0. The molecule has 0 radical (unpaired) electrons. The molecule has 0 atom stereocenters. The molecule has 0 aliphatic carbocycles. The van der Waals surface area contributed by atoms with Gasteiger partial charge in [-0.2, -0.15) is 8.42 Å². The van der Waals surface area contributed by atoms with E-state index in [-0.39, 0.29) is 76.1 Å². The minimum atomic E-state index is -3.73. The summed E-state index contributed by atoms with van der Waals surface area (Å²) in [6.07, 6.45) is 11.7. The summed E-state index contributed by atoms with van der Waals surface area (Å²) in [5, 5.41) is 0.